The van der Waals surface area contributed by atoms with Crippen molar-refractivity contribution in [3.8, 4) is 0 Å². The van der Waals surface area contributed by atoms with E-state index in [2.05, 4.69) is 14.9 Å². The second-order valence-electron chi connectivity index (χ2n) is 5.90. The molecule has 0 aliphatic carbocycles. The topological polar surface area (TPSA) is 52.6 Å². The molecule has 6 nitrogen and oxygen atoms in total. The van der Waals surface area contributed by atoms with Crippen LogP contribution in [0.3, 0.4) is 0 Å². The minimum atomic E-state index is 0.0444. The van der Waals surface area contributed by atoms with Gasteiger partial charge in [-0.2, -0.15) is 4.98 Å². The van der Waals surface area contributed by atoms with Crippen LogP contribution in [0.5, 0.6) is 0 Å². The Morgan fingerprint density at radius 3 is 2.38 bits per heavy atom. The number of aromatic nitrogens is 2. The van der Waals surface area contributed by atoms with Gasteiger partial charge >= 0.3 is 0 Å². The van der Waals surface area contributed by atoms with Gasteiger partial charge in [-0.25, -0.2) is 4.98 Å². The van der Waals surface area contributed by atoms with Gasteiger partial charge in [-0.15, -0.1) is 0 Å². The third-order valence-corrected chi connectivity index (χ3v) is 4.26. The predicted octanol–water partition coefficient (Wildman–Crippen LogP) is 2.16. The highest BCUT2D eigenvalue weighted by molar-refractivity contribution is 6.30. The summed E-state index contributed by atoms with van der Waals surface area (Å²) in [4.78, 5) is 27.3. The Kier molecular flexibility index (Phi) is 4.85. The monoisotopic (exact) mass is 345 g/mol. The molecule has 1 fully saturated rings. The highest BCUT2D eigenvalue weighted by atomic mass is 35.5. The molecule has 7 heteroatoms. The van der Waals surface area contributed by atoms with Crippen molar-refractivity contribution in [1.82, 2.24) is 14.9 Å². The molecule has 0 N–H and O–H groups in total. The van der Waals surface area contributed by atoms with Crippen molar-refractivity contribution < 1.29 is 4.79 Å². The van der Waals surface area contributed by atoms with Gasteiger partial charge in [0.25, 0.3) is 5.91 Å². The van der Waals surface area contributed by atoms with E-state index in [1.807, 2.05) is 30.0 Å². The number of benzene rings is 1. The zero-order valence-electron chi connectivity index (χ0n) is 13.8. The summed E-state index contributed by atoms with van der Waals surface area (Å²) in [6.07, 6.45) is 1.77. The Morgan fingerprint density at radius 2 is 1.75 bits per heavy atom. The number of hydrogen-bond acceptors (Lipinski definition) is 5. The number of halogens is 1. The first kappa shape index (κ1) is 16.5. The summed E-state index contributed by atoms with van der Waals surface area (Å²) >= 11 is 5.88. The number of nitrogens with zero attached hydrogens (tertiary/aromatic N) is 5. The minimum absolute atomic E-state index is 0.0444. The van der Waals surface area contributed by atoms with Crippen molar-refractivity contribution in [3.63, 3.8) is 0 Å². The van der Waals surface area contributed by atoms with Gasteiger partial charge in [-0.1, -0.05) is 11.6 Å². The summed E-state index contributed by atoms with van der Waals surface area (Å²) in [5.41, 5.74) is 0.671. The molecule has 1 aromatic heterocycles. The maximum Gasteiger partial charge on any atom is 0.253 e. The van der Waals surface area contributed by atoms with Gasteiger partial charge in [-0.3, -0.25) is 4.79 Å². The second kappa shape index (κ2) is 7.05. The molecular formula is C17H20ClN5O. The largest absolute Gasteiger partial charge is 0.353 e. The Labute approximate surface area is 146 Å². The van der Waals surface area contributed by atoms with Crippen LogP contribution >= 0.6 is 11.6 Å². The number of hydrogen-bond donors (Lipinski definition) is 0. The maximum atomic E-state index is 12.5. The summed E-state index contributed by atoms with van der Waals surface area (Å²) in [5, 5.41) is 0.636. The number of piperazine rings is 1. The van der Waals surface area contributed by atoms with Crippen LogP contribution in [-0.2, 0) is 0 Å². The van der Waals surface area contributed by atoms with Gasteiger partial charge < -0.3 is 14.7 Å². The molecule has 3 rings (SSSR count). The summed E-state index contributed by atoms with van der Waals surface area (Å²) < 4.78 is 0. The molecule has 2 heterocycles. The molecule has 1 aromatic carbocycles. The molecule has 1 amide bonds. The van der Waals surface area contributed by atoms with Gasteiger partial charge in [0, 0.05) is 57.1 Å². The minimum Gasteiger partial charge on any atom is -0.353 e. The number of anilines is 2. The van der Waals surface area contributed by atoms with Crippen LogP contribution in [0.4, 0.5) is 11.8 Å². The molecule has 0 bridgehead atoms. The van der Waals surface area contributed by atoms with Crippen LogP contribution in [0.1, 0.15) is 10.4 Å². The van der Waals surface area contributed by atoms with E-state index >= 15 is 0 Å². The molecular weight excluding hydrogens is 326 g/mol. The van der Waals surface area contributed by atoms with Crippen molar-refractivity contribution >= 4 is 29.3 Å². The maximum absolute atomic E-state index is 12.5. The molecule has 0 radical (unpaired) electrons. The highest BCUT2D eigenvalue weighted by Crippen LogP contribution is 2.17. The van der Waals surface area contributed by atoms with Gasteiger partial charge in [0.05, 0.1) is 0 Å². The average molecular weight is 346 g/mol. The fourth-order valence-electron chi connectivity index (χ4n) is 2.64. The van der Waals surface area contributed by atoms with Crippen molar-refractivity contribution in [3.05, 3.63) is 47.1 Å². The lowest BCUT2D eigenvalue weighted by atomic mass is 10.2. The molecule has 24 heavy (non-hydrogen) atoms. The van der Waals surface area contributed by atoms with Crippen LogP contribution in [0.25, 0.3) is 0 Å². The van der Waals surface area contributed by atoms with Crippen LogP contribution in [0, 0.1) is 0 Å². The van der Waals surface area contributed by atoms with E-state index in [1.165, 1.54) is 0 Å². The van der Waals surface area contributed by atoms with Crippen molar-refractivity contribution in [2.24, 2.45) is 0 Å². The normalized spacial score (nSPS) is 14.6. The second-order valence-corrected chi connectivity index (χ2v) is 6.33. The lowest BCUT2D eigenvalue weighted by molar-refractivity contribution is 0.0746. The fourth-order valence-corrected chi connectivity index (χ4v) is 2.77. The van der Waals surface area contributed by atoms with Crippen molar-refractivity contribution in [2.45, 2.75) is 0 Å². The summed E-state index contributed by atoms with van der Waals surface area (Å²) in [6, 6.07) is 8.93. The Balaban J connectivity index is 1.64. The predicted molar refractivity (Wildman–Crippen MR) is 95.9 cm³/mol. The number of rotatable bonds is 3. The van der Waals surface area contributed by atoms with E-state index in [0.29, 0.717) is 29.6 Å². The van der Waals surface area contributed by atoms with E-state index in [9.17, 15) is 4.79 Å². The number of carbonyl (C=O) groups excluding carboxylic acids is 1. The van der Waals surface area contributed by atoms with Gasteiger partial charge in [0.15, 0.2) is 0 Å². The van der Waals surface area contributed by atoms with Crippen LogP contribution < -0.4 is 9.80 Å². The quantitative estimate of drug-likeness (QED) is 0.853. The summed E-state index contributed by atoms with van der Waals surface area (Å²) in [6.45, 7) is 2.85. The zero-order chi connectivity index (χ0) is 17.1. The molecule has 1 aliphatic heterocycles. The summed E-state index contributed by atoms with van der Waals surface area (Å²) in [5.74, 6) is 1.63. The van der Waals surface area contributed by atoms with Gasteiger partial charge in [0.1, 0.15) is 5.82 Å². The first-order chi connectivity index (χ1) is 11.5. The SMILES string of the molecule is CN(C)c1nccc(N2CCN(C(=O)c3ccc(Cl)cc3)CC2)n1. The zero-order valence-corrected chi connectivity index (χ0v) is 14.6. The molecule has 0 unspecified atom stereocenters. The standard InChI is InChI=1S/C17H20ClN5O/c1-21(2)17-19-8-7-15(20-17)22-9-11-23(12-10-22)16(24)13-3-5-14(18)6-4-13/h3-8H,9-12H2,1-2H3. The van der Waals surface area contributed by atoms with E-state index in [0.717, 1.165) is 18.9 Å². The molecule has 1 saturated heterocycles. The Bertz CT molecular complexity index is 711. The van der Waals surface area contributed by atoms with Crippen LogP contribution in [0.15, 0.2) is 36.5 Å². The third-order valence-electron chi connectivity index (χ3n) is 4.01. The Hall–Kier alpha value is -2.34. The van der Waals surface area contributed by atoms with E-state index in [4.69, 9.17) is 11.6 Å². The van der Waals surface area contributed by atoms with Crippen molar-refractivity contribution in [2.75, 3.05) is 50.1 Å². The average Bonchev–Trinajstić information content (AvgIpc) is 2.62. The molecule has 1 aliphatic rings. The smallest absolute Gasteiger partial charge is 0.253 e. The van der Waals surface area contributed by atoms with E-state index in [-0.39, 0.29) is 5.91 Å². The molecule has 0 saturated carbocycles. The highest BCUT2D eigenvalue weighted by Gasteiger charge is 2.23. The van der Waals surface area contributed by atoms with E-state index < -0.39 is 0 Å². The third kappa shape index (κ3) is 3.59. The lowest BCUT2D eigenvalue weighted by Crippen LogP contribution is -2.49. The Morgan fingerprint density at radius 1 is 1.08 bits per heavy atom. The lowest BCUT2D eigenvalue weighted by Gasteiger charge is -2.35. The van der Waals surface area contributed by atoms with Crippen LogP contribution in [0.2, 0.25) is 5.02 Å². The first-order valence-electron chi connectivity index (χ1n) is 7.85. The van der Waals surface area contributed by atoms with E-state index in [1.54, 1.807) is 30.5 Å². The number of amides is 1. The number of carbonyl (C=O) groups is 1. The van der Waals surface area contributed by atoms with Crippen molar-refractivity contribution in [1.29, 1.82) is 0 Å². The molecule has 2 aromatic rings. The summed E-state index contributed by atoms with van der Waals surface area (Å²) in [7, 11) is 3.84. The molecule has 126 valence electrons. The van der Waals surface area contributed by atoms with Crippen LogP contribution in [-0.4, -0.2) is 61.0 Å². The first-order valence-corrected chi connectivity index (χ1v) is 8.22. The molecule has 0 atom stereocenters. The molecule has 0 spiro atoms. The fraction of sp³-hybridized carbons (Fsp3) is 0.353. The van der Waals surface area contributed by atoms with Gasteiger partial charge in [-0.05, 0) is 30.3 Å². The van der Waals surface area contributed by atoms with Gasteiger partial charge in [0.2, 0.25) is 5.95 Å².